The normalized spacial score (nSPS) is 22.0. The zero-order chi connectivity index (χ0) is 18.8. The Hall–Kier alpha value is -2.26. The second-order valence-electron chi connectivity index (χ2n) is 7.46. The SMILES string of the molecule is CC(C)N1CCO[C@@H](CC(=O)N2CCN(c3ccnc4nncn34)CC2)C1. The summed E-state index contributed by atoms with van der Waals surface area (Å²) in [6.45, 7) is 9.87. The van der Waals surface area contributed by atoms with E-state index in [4.69, 9.17) is 4.74 Å². The van der Waals surface area contributed by atoms with Gasteiger partial charge < -0.3 is 14.5 Å². The molecular weight excluding hydrogens is 346 g/mol. The Labute approximate surface area is 158 Å². The average molecular weight is 373 g/mol. The van der Waals surface area contributed by atoms with Gasteiger partial charge in [0.1, 0.15) is 12.1 Å². The number of hydrogen-bond donors (Lipinski definition) is 0. The predicted octanol–water partition coefficient (Wildman–Crippen LogP) is 0.272. The maximum Gasteiger partial charge on any atom is 0.256 e. The number of nitrogens with zero attached hydrogens (tertiary/aromatic N) is 7. The standard InChI is InChI=1S/C18H27N7O2/c1-14(2)24-9-10-27-15(12-24)11-17(26)23-7-5-22(6-8-23)16-3-4-19-18-21-20-13-25(16)18/h3-4,13-15H,5-12H2,1-2H3/t15-/m0/s1. The lowest BCUT2D eigenvalue weighted by atomic mass is 10.1. The minimum atomic E-state index is 0.00326. The Bertz CT molecular complexity index is 785. The van der Waals surface area contributed by atoms with Gasteiger partial charge in [-0.05, 0) is 19.9 Å². The first-order chi connectivity index (χ1) is 13.1. The van der Waals surface area contributed by atoms with Crippen molar-refractivity contribution >= 4 is 17.5 Å². The summed E-state index contributed by atoms with van der Waals surface area (Å²) in [4.78, 5) is 23.5. The molecule has 2 aliphatic rings. The number of morpholine rings is 1. The molecule has 9 nitrogen and oxygen atoms in total. The molecule has 1 atom stereocenters. The number of hydrogen-bond acceptors (Lipinski definition) is 7. The zero-order valence-corrected chi connectivity index (χ0v) is 16.0. The van der Waals surface area contributed by atoms with E-state index in [9.17, 15) is 4.79 Å². The van der Waals surface area contributed by atoms with Gasteiger partial charge in [0.25, 0.3) is 5.78 Å². The van der Waals surface area contributed by atoms with Gasteiger partial charge in [0.05, 0.1) is 19.1 Å². The quantitative estimate of drug-likeness (QED) is 0.761. The Morgan fingerprint density at radius 1 is 1.26 bits per heavy atom. The minimum absolute atomic E-state index is 0.00326. The molecule has 0 aliphatic carbocycles. The van der Waals surface area contributed by atoms with E-state index in [2.05, 4.69) is 38.8 Å². The van der Waals surface area contributed by atoms with Crippen LogP contribution in [0.2, 0.25) is 0 Å². The molecule has 2 fully saturated rings. The van der Waals surface area contributed by atoms with Crippen LogP contribution in [0.1, 0.15) is 20.3 Å². The lowest BCUT2D eigenvalue weighted by Gasteiger charge is -2.38. The van der Waals surface area contributed by atoms with Crippen LogP contribution in [0.5, 0.6) is 0 Å². The first-order valence-corrected chi connectivity index (χ1v) is 9.65. The van der Waals surface area contributed by atoms with Crippen molar-refractivity contribution < 1.29 is 9.53 Å². The van der Waals surface area contributed by atoms with Crippen molar-refractivity contribution in [1.82, 2.24) is 29.4 Å². The minimum Gasteiger partial charge on any atom is -0.375 e. The Kier molecular flexibility index (Phi) is 5.22. The number of carbonyl (C=O) groups is 1. The van der Waals surface area contributed by atoms with Crippen molar-refractivity contribution in [3.8, 4) is 0 Å². The van der Waals surface area contributed by atoms with E-state index in [1.165, 1.54) is 0 Å². The van der Waals surface area contributed by atoms with Gasteiger partial charge in [-0.15, -0.1) is 10.2 Å². The maximum absolute atomic E-state index is 12.7. The van der Waals surface area contributed by atoms with Crippen molar-refractivity contribution in [3.05, 3.63) is 18.6 Å². The molecule has 0 radical (unpaired) electrons. The van der Waals surface area contributed by atoms with Crippen molar-refractivity contribution in [2.45, 2.75) is 32.4 Å². The van der Waals surface area contributed by atoms with Gasteiger partial charge in [-0.1, -0.05) is 0 Å². The molecule has 0 N–H and O–H groups in total. The first-order valence-electron chi connectivity index (χ1n) is 9.65. The fourth-order valence-corrected chi connectivity index (χ4v) is 3.83. The third kappa shape index (κ3) is 3.89. The highest BCUT2D eigenvalue weighted by Gasteiger charge is 2.28. The highest BCUT2D eigenvalue weighted by atomic mass is 16.5. The van der Waals surface area contributed by atoms with Gasteiger partial charge in [-0.2, -0.15) is 0 Å². The lowest BCUT2D eigenvalue weighted by molar-refractivity contribution is -0.136. The molecule has 0 aromatic carbocycles. The number of fused-ring (bicyclic) bond motifs is 1. The van der Waals surface area contributed by atoms with Gasteiger partial charge in [-0.3, -0.25) is 14.1 Å². The zero-order valence-electron chi connectivity index (χ0n) is 16.0. The van der Waals surface area contributed by atoms with E-state index in [-0.39, 0.29) is 12.0 Å². The summed E-state index contributed by atoms with van der Waals surface area (Å²) < 4.78 is 7.71. The predicted molar refractivity (Wildman–Crippen MR) is 101 cm³/mol. The van der Waals surface area contributed by atoms with E-state index in [1.807, 2.05) is 15.4 Å². The number of piperazine rings is 1. The molecule has 2 saturated heterocycles. The monoisotopic (exact) mass is 373 g/mol. The van der Waals surface area contributed by atoms with Crippen LogP contribution in [0.15, 0.2) is 18.6 Å². The Morgan fingerprint density at radius 3 is 2.85 bits per heavy atom. The van der Waals surface area contributed by atoms with E-state index in [1.54, 1.807) is 12.5 Å². The van der Waals surface area contributed by atoms with Gasteiger partial charge in [-0.25, -0.2) is 4.98 Å². The van der Waals surface area contributed by atoms with E-state index in [0.717, 1.165) is 32.0 Å². The fraction of sp³-hybridized carbons (Fsp3) is 0.667. The van der Waals surface area contributed by atoms with Crippen LogP contribution < -0.4 is 4.90 Å². The van der Waals surface area contributed by atoms with E-state index < -0.39 is 0 Å². The van der Waals surface area contributed by atoms with Crippen LogP contribution in [0.25, 0.3) is 5.78 Å². The number of anilines is 1. The molecular formula is C18H27N7O2. The van der Waals surface area contributed by atoms with Crippen molar-refractivity contribution in [1.29, 1.82) is 0 Å². The summed E-state index contributed by atoms with van der Waals surface area (Å²) in [5.41, 5.74) is 0. The largest absolute Gasteiger partial charge is 0.375 e. The van der Waals surface area contributed by atoms with Crippen LogP contribution in [0, 0.1) is 0 Å². The molecule has 2 aromatic heterocycles. The van der Waals surface area contributed by atoms with Crippen molar-refractivity contribution in [2.75, 3.05) is 50.8 Å². The second-order valence-corrected chi connectivity index (χ2v) is 7.46. The highest BCUT2D eigenvalue weighted by Crippen LogP contribution is 2.18. The number of rotatable bonds is 4. The van der Waals surface area contributed by atoms with Crippen LogP contribution in [-0.2, 0) is 9.53 Å². The van der Waals surface area contributed by atoms with E-state index >= 15 is 0 Å². The van der Waals surface area contributed by atoms with Crippen LogP contribution in [0.4, 0.5) is 5.82 Å². The molecule has 0 bridgehead atoms. The molecule has 146 valence electrons. The van der Waals surface area contributed by atoms with Crippen LogP contribution in [-0.4, -0.2) is 93.3 Å². The third-order valence-electron chi connectivity index (χ3n) is 5.45. The summed E-state index contributed by atoms with van der Waals surface area (Å²) in [7, 11) is 0. The first kappa shape index (κ1) is 18.1. The topological polar surface area (TPSA) is 79.1 Å². The summed E-state index contributed by atoms with van der Waals surface area (Å²) in [6.07, 6.45) is 3.89. The average Bonchev–Trinajstić information content (AvgIpc) is 3.17. The van der Waals surface area contributed by atoms with E-state index in [0.29, 0.717) is 37.9 Å². The van der Waals surface area contributed by atoms with Gasteiger partial charge in [0, 0.05) is 51.5 Å². The van der Waals surface area contributed by atoms with Crippen molar-refractivity contribution in [3.63, 3.8) is 0 Å². The molecule has 2 aromatic rings. The third-order valence-corrected chi connectivity index (χ3v) is 5.45. The molecule has 1 amide bonds. The lowest BCUT2D eigenvalue weighted by Crippen LogP contribution is -2.51. The maximum atomic E-state index is 12.7. The Morgan fingerprint density at radius 2 is 2.07 bits per heavy atom. The number of aromatic nitrogens is 4. The van der Waals surface area contributed by atoms with Gasteiger partial charge in [0.15, 0.2) is 0 Å². The molecule has 4 heterocycles. The van der Waals surface area contributed by atoms with Gasteiger partial charge in [0.2, 0.25) is 5.91 Å². The molecule has 0 saturated carbocycles. The fourth-order valence-electron chi connectivity index (χ4n) is 3.83. The van der Waals surface area contributed by atoms with Gasteiger partial charge >= 0.3 is 0 Å². The number of amides is 1. The molecule has 0 unspecified atom stereocenters. The summed E-state index contributed by atoms with van der Waals surface area (Å²) in [5.74, 6) is 1.80. The molecule has 9 heteroatoms. The van der Waals surface area contributed by atoms with Crippen LogP contribution in [0.3, 0.4) is 0 Å². The highest BCUT2D eigenvalue weighted by molar-refractivity contribution is 5.77. The van der Waals surface area contributed by atoms with Crippen molar-refractivity contribution in [2.24, 2.45) is 0 Å². The summed E-state index contributed by atoms with van der Waals surface area (Å²) in [6, 6.07) is 2.45. The summed E-state index contributed by atoms with van der Waals surface area (Å²) in [5, 5.41) is 7.92. The molecule has 2 aliphatic heterocycles. The molecule has 27 heavy (non-hydrogen) atoms. The number of carbonyl (C=O) groups excluding carboxylic acids is 1. The van der Waals surface area contributed by atoms with Crippen LogP contribution >= 0.6 is 0 Å². The Balaban J connectivity index is 1.32. The second kappa shape index (κ2) is 7.77. The number of ether oxygens (including phenoxy) is 1. The molecule has 0 spiro atoms. The molecule has 4 rings (SSSR count). The smallest absolute Gasteiger partial charge is 0.256 e. The summed E-state index contributed by atoms with van der Waals surface area (Å²) >= 11 is 0.